The van der Waals surface area contributed by atoms with E-state index in [1.165, 1.54) is 0 Å². The van der Waals surface area contributed by atoms with Gasteiger partial charge in [-0.15, -0.1) is 0 Å². The molecule has 17 heavy (non-hydrogen) atoms. The Morgan fingerprint density at radius 1 is 0.824 bits per heavy atom. The Kier molecular flexibility index (Phi) is 3.77. The molecule has 0 saturated heterocycles. The lowest BCUT2D eigenvalue weighted by atomic mass is 10.4. The fraction of sp³-hybridized carbons (Fsp3) is 0.200. The minimum Gasteiger partial charge on any atom is -0.424 e. The van der Waals surface area contributed by atoms with Gasteiger partial charge in [-0.25, -0.2) is 0 Å². The fourth-order valence-electron chi connectivity index (χ4n) is 2.24. The zero-order valence-electron chi connectivity index (χ0n) is 10.1. The average Bonchev–Trinajstić information content (AvgIpc) is 2.41. The third-order valence-electron chi connectivity index (χ3n) is 3.11. The average molecular weight is 242 g/mol. The molecule has 2 aromatic rings. The van der Waals surface area contributed by atoms with Gasteiger partial charge in [-0.3, -0.25) is 0 Å². The van der Waals surface area contributed by atoms with E-state index in [0.717, 1.165) is 22.8 Å². The van der Waals surface area contributed by atoms with Crippen molar-refractivity contribution in [2.24, 2.45) is 0 Å². The molecule has 1 N–H and O–H groups in total. The van der Waals surface area contributed by atoms with E-state index in [1.807, 2.05) is 36.4 Å². The Labute approximate surface area is 104 Å². The van der Waals surface area contributed by atoms with E-state index in [0.29, 0.717) is 0 Å². The molecule has 0 unspecified atom stereocenters. The van der Waals surface area contributed by atoms with Crippen molar-refractivity contribution in [1.82, 2.24) is 0 Å². The predicted molar refractivity (Wildman–Crippen MR) is 75.2 cm³/mol. The summed E-state index contributed by atoms with van der Waals surface area (Å²) in [4.78, 5) is 11.1. The summed E-state index contributed by atoms with van der Waals surface area (Å²) in [5.74, 6) is 0. The molecule has 0 heterocycles. The van der Waals surface area contributed by atoms with E-state index < -0.39 is 8.32 Å². The summed E-state index contributed by atoms with van der Waals surface area (Å²) >= 11 is 0. The smallest absolute Gasteiger partial charge is 0.252 e. The summed E-state index contributed by atoms with van der Waals surface area (Å²) in [5.41, 5.74) is 0. The Balaban J connectivity index is 2.47. The maximum atomic E-state index is 11.1. The van der Waals surface area contributed by atoms with Crippen LogP contribution >= 0.6 is 0 Å². The molecule has 2 heteroatoms. The highest BCUT2D eigenvalue weighted by Crippen LogP contribution is 2.10. The van der Waals surface area contributed by atoms with E-state index in [-0.39, 0.29) is 0 Å². The van der Waals surface area contributed by atoms with E-state index >= 15 is 0 Å². The van der Waals surface area contributed by atoms with Crippen LogP contribution in [0.2, 0.25) is 6.04 Å². The standard InChI is InChI=1S/C15H18OSi/c1-2-13-17(16,14-9-5-3-6-10-14)15-11-7-4-8-12-15/h3-12,16H,2,13H2,1H3. The first kappa shape index (κ1) is 12.1. The van der Waals surface area contributed by atoms with Crippen molar-refractivity contribution < 1.29 is 4.80 Å². The molecule has 2 rings (SSSR count). The summed E-state index contributed by atoms with van der Waals surface area (Å²) < 4.78 is 0. The molecule has 88 valence electrons. The highest BCUT2D eigenvalue weighted by molar-refractivity contribution is 6.96. The molecule has 0 aliphatic rings. The van der Waals surface area contributed by atoms with Crippen LogP contribution in [0.25, 0.3) is 0 Å². The van der Waals surface area contributed by atoms with Gasteiger partial charge in [0, 0.05) is 0 Å². The molecule has 0 aliphatic heterocycles. The van der Waals surface area contributed by atoms with Gasteiger partial charge in [0.1, 0.15) is 0 Å². The second kappa shape index (κ2) is 5.30. The van der Waals surface area contributed by atoms with E-state index in [9.17, 15) is 4.80 Å². The first-order chi connectivity index (χ1) is 8.27. The molecule has 0 spiro atoms. The predicted octanol–water partition coefficient (Wildman–Crippen LogP) is 2.15. The van der Waals surface area contributed by atoms with Crippen LogP contribution in [0, 0.1) is 0 Å². The molecule has 2 aromatic carbocycles. The molecular weight excluding hydrogens is 224 g/mol. The first-order valence-corrected chi connectivity index (χ1v) is 8.26. The highest BCUT2D eigenvalue weighted by Gasteiger charge is 2.34. The third-order valence-corrected chi connectivity index (χ3v) is 6.92. The third kappa shape index (κ3) is 2.48. The van der Waals surface area contributed by atoms with Crippen molar-refractivity contribution in [2.75, 3.05) is 0 Å². The SMILES string of the molecule is CCC[Si](O)(c1ccccc1)c1ccccc1. The maximum absolute atomic E-state index is 11.1. The Bertz CT molecular complexity index is 413. The number of rotatable bonds is 4. The van der Waals surface area contributed by atoms with Gasteiger partial charge >= 0.3 is 0 Å². The summed E-state index contributed by atoms with van der Waals surface area (Å²) in [6, 6.07) is 21.1. The molecule has 0 aliphatic carbocycles. The van der Waals surface area contributed by atoms with Crippen molar-refractivity contribution in [1.29, 1.82) is 0 Å². The van der Waals surface area contributed by atoms with Crippen LogP contribution in [0.15, 0.2) is 60.7 Å². The van der Waals surface area contributed by atoms with Crippen molar-refractivity contribution in [3.05, 3.63) is 60.7 Å². The molecule has 0 aromatic heterocycles. The molecule has 0 bridgehead atoms. The van der Waals surface area contributed by atoms with Crippen molar-refractivity contribution >= 4 is 18.7 Å². The van der Waals surface area contributed by atoms with E-state index in [1.54, 1.807) is 0 Å². The van der Waals surface area contributed by atoms with E-state index in [2.05, 4.69) is 31.2 Å². The van der Waals surface area contributed by atoms with Crippen LogP contribution < -0.4 is 10.4 Å². The van der Waals surface area contributed by atoms with Crippen molar-refractivity contribution in [3.8, 4) is 0 Å². The molecule has 0 fully saturated rings. The quantitative estimate of drug-likeness (QED) is 0.815. The summed E-state index contributed by atoms with van der Waals surface area (Å²) in [7, 11) is -2.50. The molecule has 0 radical (unpaired) electrons. The van der Waals surface area contributed by atoms with Crippen LogP contribution in [-0.2, 0) is 0 Å². The van der Waals surface area contributed by atoms with E-state index in [4.69, 9.17) is 0 Å². The Morgan fingerprint density at radius 2 is 1.24 bits per heavy atom. The first-order valence-electron chi connectivity index (χ1n) is 6.11. The fourth-order valence-corrected chi connectivity index (χ4v) is 5.37. The van der Waals surface area contributed by atoms with Crippen LogP contribution in [0.5, 0.6) is 0 Å². The zero-order chi connectivity index (χ0) is 12.1. The van der Waals surface area contributed by atoms with Crippen molar-refractivity contribution in [3.63, 3.8) is 0 Å². The van der Waals surface area contributed by atoms with Gasteiger partial charge in [0.2, 0.25) is 0 Å². The molecule has 0 atom stereocenters. The minimum atomic E-state index is -2.50. The van der Waals surface area contributed by atoms with Gasteiger partial charge in [0.15, 0.2) is 0 Å². The maximum Gasteiger partial charge on any atom is 0.252 e. The number of benzene rings is 2. The monoisotopic (exact) mass is 242 g/mol. The largest absolute Gasteiger partial charge is 0.424 e. The summed E-state index contributed by atoms with van der Waals surface area (Å²) in [6.45, 7) is 2.13. The van der Waals surface area contributed by atoms with Gasteiger partial charge in [-0.1, -0.05) is 74.0 Å². The number of hydrogen-bond acceptors (Lipinski definition) is 1. The Hall–Kier alpha value is -1.38. The molecular formula is C15H18OSi. The van der Waals surface area contributed by atoms with Crippen LogP contribution in [-0.4, -0.2) is 13.1 Å². The topological polar surface area (TPSA) is 20.2 Å². The van der Waals surface area contributed by atoms with Crippen LogP contribution in [0.1, 0.15) is 13.3 Å². The number of hydrogen-bond donors (Lipinski definition) is 1. The van der Waals surface area contributed by atoms with Gasteiger partial charge in [-0.2, -0.15) is 0 Å². The summed E-state index contributed by atoms with van der Waals surface area (Å²) in [5, 5.41) is 2.21. The lowest BCUT2D eigenvalue weighted by Gasteiger charge is -2.25. The van der Waals surface area contributed by atoms with Crippen molar-refractivity contribution in [2.45, 2.75) is 19.4 Å². The van der Waals surface area contributed by atoms with Gasteiger partial charge in [-0.05, 0) is 16.4 Å². The zero-order valence-corrected chi connectivity index (χ0v) is 11.1. The Morgan fingerprint density at radius 3 is 1.59 bits per heavy atom. The molecule has 0 amide bonds. The second-order valence-electron chi connectivity index (χ2n) is 4.34. The minimum absolute atomic E-state index is 0.876. The highest BCUT2D eigenvalue weighted by atomic mass is 28.4. The van der Waals surface area contributed by atoms with Gasteiger partial charge in [0.05, 0.1) is 0 Å². The normalized spacial score (nSPS) is 11.4. The van der Waals surface area contributed by atoms with Crippen LogP contribution in [0.4, 0.5) is 0 Å². The molecule has 1 nitrogen and oxygen atoms in total. The lowest BCUT2D eigenvalue weighted by Crippen LogP contribution is -2.58. The lowest BCUT2D eigenvalue weighted by molar-refractivity contribution is 0.562. The molecule has 0 saturated carbocycles. The summed E-state index contributed by atoms with van der Waals surface area (Å²) in [6.07, 6.45) is 1.01. The second-order valence-corrected chi connectivity index (χ2v) is 7.72. The van der Waals surface area contributed by atoms with Gasteiger partial charge < -0.3 is 4.80 Å². The van der Waals surface area contributed by atoms with Gasteiger partial charge in [0.25, 0.3) is 8.32 Å². The van der Waals surface area contributed by atoms with Crippen LogP contribution in [0.3, 0.4) is 0 Å².